The van der Waals surface area contributed by atoms with Gasteiger partial charge in [-0.2, -0.15) is 0 Å². The third kappa shape index (κ3) is 4.06. The van der Waals surface area contributed by atoms with Gasteiger partial charge in [-0.05, 0) is 66.9 Å². The number of hydrogen-bond donors (Lipinski definition) is 0. The Bertz CT molecular complexity index is 889. The molecular weight excluding hydrogens is 383 g/mol. The predicted octanol–water partition coefficient (Wildman–Crippen LogP) is 3.70. The van der Waals surface area contributed by atoms with E-state index in [0.717, 1.165) is 54.0 Å². The lowest BCUT2D eigenvalue weighted by atomic mass is 9.78. The molecule has 7 nitrogen and oxygen atoms in total. The summed E-state index contributed by atoms with van der Waals surface area (Å²) < 4.78 is 29.6. The zero-order valence-corrected chi connectivity index (χ0v) is 18.8. The molecule has 4 heterocycles. The Morgan fingerprint density at radius 2 is 1.80 bits per heavy atom. The van der Waals surface area contributed by atoms with Crippen LogP contribution in [0.15, 0.2) is 16.7 Å². The number of pyridine rings is 1. The minimum Gasteiger partial charge on any atom is -0.399 e. The second-order valence-electron chi connectivity index (χ2n) is 9.14. The Kier molecular flexibility index (Phi) is 5.79. The lowest BCUT2D eigenvalue weighted by molar-refractivity contribution is -0.168. The maximum absolute atomic E-state index is 6.18. The van der Waals surface area contributed by atoms with Gasteiger partial charge in [0.05, 0.1) is 29.1 Å². The molecule has 0 aromatic carbocycles. The largest absolute Gasteiger partial charge is 0.496 e. The number of aromatic nitrogens is 2. The second-order valence-corrected chi connectivity index (χ2v) is 9.14. The molecule has 2 aliphatic rings. The van der Waals surface area contributed by atoms with Gasteiger partial charge in [0.1, 0.15) is 5.69 Å². The summed E-state index contributed by atoms with van der Waals surface area (Å²) in [6, 6.07) is 3.92. The van der Waals surface area contributed by atoms with Crippen LogP contribution in [0.3, 0.4) is 0 Å². The van der Waals surface area contributed by atoms with Crippen molar-refractivity contribution in [2.45, 2.75) is 84.9 Å². The van der Waals surface area contributed by atoms with Gasteiger partial charge < -0.3 is 23.3 Å². The number of nitrogens with zero attached hydrogens (tertiary/aromatic N) is 2. The first-order chi connectivity index (χ1) is 14.2. The molecule has 0 spiro atoms. The molecule has 2 aliphatic heterocycles. The van der Waals surface area contributed by atoms with Gasteiger partial charge in [-0.15, -0.1) is 0 Å². The molecule has 1 unspecified atom stereocenters. The second kappa shape index (κ2) is 8.07. The van der Waals surface area contributed by atoms with E-state index in [2.05, 4.69) is 5.16 Å². The highest BCUT2D eigenvalue weighted by atomic mass is 16.7. The number of aryl methyl sites for hydroxylation is 2. The molecule has 4 rings (SSSR count). The summed E-state index contributed by atoms with van der Waals surface area (Å²) in [6.45, 7) is 13.2. The molecule has 0 saturated carbocycles. The van der Waals surface area contributed by atoms with E-state index < -0.39 is 18.3 Å². The maximum Gasteiger partial charge on any atom is 0.496 e. The minimum atomic E-state index is -0.445. The van der Waals surface area contributed by atoms with Crippen molar-refractivity contribution in [3.63, 3.8) is 0 Å². The fourth-order valence-corrected chi connectivity index (χ4v) is 3.70. The summed E-state index contributed by atoms with van der Waals surface area (Å²) in [7, 11) is -0.445. The van der Waals surface area contributed by atoms with Crippen LogP contribution < -0.4 is 5.46 Å². The lowest BCUT2D eigenvalue weighted by Crippen LogP contribution is -2.41. The smallest absolute Gasteiger partial charge is 0.399 e. The third-order valence-electron chi connectivity index (χ3n) is 6.40. The number of rotatable bonds is 5. The average Bonchev–Trinajstić information content (AvgIpc) is 3.16. The van der Waals surface area contributed by atoms with E-state index >= 15 is 0 Å². The van der Waals surface area contributed by atoms with Crippen molar-refractivity contribution in [1.29, 1.82) is 0 Å². The zero-order chi connectivity index (χ0) is 21.5. The summed E-state index contributed by atoms with van der Waals surface area (Å²) in [5.74, 6) is 0.631. The maximum atomic E-state index is 6.18. The third-order valence-corrected chi connectivity index (χ3v) is 6.40. The van der Waals surface area contributed by atoms with Crippen molar-refractivity contribution in [2.75, 3.05) is 6.61 Å². The summed E-state index contributed by atoms with van der Waals surface area (Å²) in [5.41, 5.74) is 3.39. The summed E-state index contributed by atoms with van der Waals surface area (Å²) in [5, 5.41) is 4.14. The van der Waals surface area contributed by atoms with Crippen LogP contribution in [0, 0.1) is 13.8 Å². The van der Waals surface area contributed by atoms with Crippen molar-refractivity contribution >= 4 is 12.6 Å². The first kappa shape index (κ1) is 21.5. The summed E-state index contributed by atoms with van der Waals surface area (Å²) >= 11 is 0. The molecule has 1 atom stereocenters. The van der Waals surface area contributed by atoms with Crippen LogP contribution in [0.4, 0.5) is 0 Å². The molecule has 162 valence electrons. The molecule has 2 saturated heterocycles. The van der Waals surface area contributed by atoms with E-state index in [0.29, 0.717) is 12.4 Å². The normalized spacial score (nSPS) is 23.1. The van der Waals surface area contributed by atoms with E-state index in [-0.39, 0.29) is 6.29 Å². The van der Waals surface area contributed by atoms with Crippen molar-refractivity contribution in [3.05, 3.63) is 29.1 Å². The topological polar surface area (TPSA) is 75.8 Å². The van der Waals surface area contributed by atoms with Gasteiger partial charge in [0.15, 0.2) is 12.1 Å². The minimum absolute atomic E-state index is 0.165. The Morgan fingerprint density at radius 1 is 1.07 bits per heavy atom. The van der Waals surface area contributed by atoms with Gasteiger partial charge >= 0.3 is 7.12 Å². The molecule has 2 aromatic heterocycles. The van der Waals surface area contributed by atoms with Gasteiger partial charge in [-0.3, -0.25) is 4.98 Å². The first-order valence-electron chi connectivity index (χ1n) is 10.7. The molecule has 0 N–H and O–H groups in total. The van der Waals surface area contributed by atoms with Crippen LogP contribution in [0.5, 0.6) is 0 Å². The summed E-state index contributed by atoms with van der Waals surface area (Å²) in [6.07, 6.45) is 2.97. The predicted molar refractivity (Wildman–Crippen MR) is 113 cm³/mol. The first-order valence-corrected chi connectivity index (χ1v) is 10.7. The highest BCUT2D eigenvalue weighted by molar-refractivity contribution is 6.62. The zero-order valence-electron chi connectivity index (χ0n) is 18.8. The lowest BCUT2D eigenvalue weighted by Gasteiger charge is -2.32. The highest BCUT2D eigenvalue weighted by Crippen LogP contribution is 2.37. The van der Waals surface area contributed by atoms with Crippen LogP contribution in [-0.4, -0.2) is 41.4 Å². The molecule has 2 aromatic rings. The number of hydrogen-bond acceptors (Lipinski definition) is 7. The quantitative estimate of drug-likeness (QED) is 0.691. The van der Waals surface area contributed by atoms with Crippen molar-refractivity contribution < 1.29 is 23.3 Å². The molecule has 0 radical (unpaired) electrons. The molecule has 0 amide bonds. The van der Waals surface area contributed by atoms with Gasteiger partial charge in [-0.25, -0.2) is 0 Å². The standard InChI is InChI=1S/C22H31BN2O5/c1-14-16(13-27-19-9-7-8-12-26-19)20(28-25-14)18-11-10-17(15(2)24-18)23-29-21(3,4)22(5,6)30-23/h10-11,19H,7-9,12-13H2,1-6H3. The van der Waals surface area contributed by atoms with Crippen LogP contribution in [0.1, 0.15) is 63.9 Å². The van der Waals surface area contributed by atoms with E-state index in [4.69, 9.17) is 28.3 Å². The van der Waals surface area contributed by atoms with Crippen LogP contribution >= 0.6 is 0 Å². The molecule has 0 aliphatic carbocycles. The van der Waals surface area contributed by atoms with Crippen LogP contribution in [0.25, 0.3) is 11.5 Å². The fourth-order valence-electron chi connectivity index (χ4n) is 3.70. The number of ether oxygens (including phenoxy) is 2. The molecule has 2 fully saturated rings. The average molecular weight is 414 g/mol. The van der Waals surface area contributed by atoms with E-state index in [1.165, 1.54) is 0 Å². The fraction of sp³-hybridized carbons (Fsp3) is 0.636. The molecule has 8 heteroatoms. The van der Waals surface area contributed by atoms with Crippen molar-refractivity contribution in [1.82, 2.24) is 10.1 Å². The van der Waals surface area contributed by atoms with Gasteiger partial charge in [0.25, 0.3) is 0 Å². The van der Waals surface area contributed by atoms with E-state index in [1.807, 2.05) is 53.7 Å². The Balaban J connectivity index is 1.54. The van der Waals surface area contributed by atoms with Gasteiger partial charge in [0, 0.05) is 17.8 Å². The molecular formula is C22H31BN2O5. The van der Waals surface area contributed by atoms with Crippen molar-refractivity contribution in [3.8, 4) is 11.5 Å². The SMILES string of the molecule is Cc1nc(-c2onc(C)c2COC2CCCCO2)ccc1B1OC(C)(C)C(C)(C)O1. The van der Waals surface area contributed by atoms with E-state index in [1.54, 1.807) is 0 Å². The van der Waals surface area contributed by atoms with Crippen molar-refractivity contribution in [2.24, 2.45) is 0 Å². The Hall–Kier alpha value is -1.74. The molecule has 0 bridgehead atoms. The van der Waals surface area contributed by atoms with Gasteiger partial charge in [-0.1, -0.05) is 11.2 Å². The Morgan fingerprint density at radius 3 is 2.43 bits per heavy atom. The van der Waals surface area contributed by atoms with E-state index in [9.17, 15) is 0 Å². The highest BCUT2D eigenvalue weighted by Gasteiger charge is 2.52. The van der Waals surface area contributed by atoms with Crippen LogP contribution in [-0.2, 0) is 25.4 Å². The molecule has 30 heavy (non-hydrogen) atoms. The monoisotopic (exact) mass is 414 g/mol. The summed E-state index contributed by atoms with van der Waals surface area (Å²) in [4.78, 5) is 4.77. The van der Waals surface area contributed by atoms with Gasteiger partial charge in [0.2, 0.25) is 0 Å². The Labute approximate surface area is 178 Å². The van der Waals surface area contributed by atoms with Crippen LogP contribution in [0.2, 0.25) is 0 Å².